The van der Waals surface area contributed by atoms with E-state index in [-0.39, 0.29) is 5.97 Å². The van der Waals surface area contributed by atoms with Crippen molar-refractivity contribution in [3.8, 4) is 0 Å². The monoisotopic (exact) mass is 280 g/mol. The number of carbonyl (C=O) groups excluding carboxylic acids is 2. The largest absolute Gasteiger partial charge is 0.465 e. The van der Waals surface area contributed by atoms with Gasteiger partial charge in [-0.25, -0.2) is 4.79 Å². The van der Waals surface area contributed by atoms with Crippen molar-refractivity contribution >= 4 is 12.3 Å². The number of esters is 1. The highest BCUT2D eigenvalue weighted by Gasteiger charge is 2.40. The van der Waals surface area contributed by atoms with Crippen molar-refractivity contribution in [2.24, 2.45) is 0 Å². The smallest absolute Gasteiger partial charge is 0.337 e. The van der Waals surface area contributed by atoms with Crippen LogP contribution in [0.4, 0.5) is 0 Å². The van der Waals surface area contributed by atoms with Gasteiger partial charge in [0.05, 0.1) is 18.1 Å². The van der Waals surface area contributed by atoms with Gasteiger partial charge >= 0.3 is 5.97 Å². The number of hydrogen-bond acceptors (Lipinski definition) is 3. The Hall–Kier alpha value is -2.42. The highest BCUT2D eigenvalue weighted by atomic mass is 16.5. The molecule has 0 aromatic heterocycles. The molecule has 1 atom stereocenters. The van der Waals surface area contributed by atoms with Crippen molar-refractivity contribution in [2.45, 2.75) is 18.3 Å². The number of fused-ring (bicyclic) bond motifs is 1. The number of ether oxygens (including phenoxy) is 1. The van der Waals surface area contributed by atoms with Gasteiger partial charge in [-0.3, -0.25) is 0 Å². The van der Waals surface area contributed by atoms with Crippen molar-refractivity contribution in [1.82, 2.24) is 0 Å². The molecule has 0 bridgehead atoms. The van der Waals surface area contributed by atoms with Crippen molar-refractivity contribution in [1.29, 1.82) is 0 Å². The molecule has 2 aromatic rings. The fourth-order valence-electron chi connectivity index (χ4n) is 3.15. The second-order valence-electron chi connectivity index (χ2n) is 5.32. The molecule has 0 amide bonds. The lowest BCUT2D eigenvalue weighted by molar-refractivity contribution is -0.111. The molecule has 3 rings (SSSR count). The fourth-order valence-corrected chi connectivity index (χ4v) is 3.15. The zero-order chi connectivity index (χ0) is 14.9. The third kappa shape index (κ3) is 2.05. The van der Waals surface area contributed by atoms with Crippen LogP contribution in [-0.4, -0.2) is 19.4 Å². The second kappa shape index (κ2) is 5.17. The molecule has 3 heteroatoms. The van der Waals surface area contributed by atoms with E-state index < -0.39 is 5.41 Å². The summed E-state index contributed by atoms with van der Waals surface area (Å²) in [6, 6.07) is 15.2. The Balaban J connectivity index is 2.17. The van der Waals surface area contributed by atoms with Crippen LogP contribution in [0.15, 0.2) is 48.5 Å². The third-order valence-corrected chi connectivity index (χ3v) is 4.29. The predicted octanol–water partition coefficient (Wildman–Crippen LogP) is 2.90. The first-order chi connectivity index (χ1) is 10.2. The molecule has 2 aromatic carbocycles. The van der Waals surface area contributed by atoms with E-state index in [4.69, 9.17) is 4.74 Å². The number of benzene rings is 2. The van der Waals surface area contributed by atoms with Crippen LogP contribution in [0.1, 0.15) is 33.5 Å². The lowest BCUT2D eigenvalue weighted by Crippen LogP contribution is -2.26. The first-order valence-corrected chi connectivity index (χ1v) is 6.95. The molecule has 1 aliphatic rings. The summed E-state index contributed by atoms with van der Waals surface area (Å²) < 4.78 is 4.78. The van der Waals surface area contributed by atoms with Gasteiger partial charge < -0.3 is 9.53 Å². The maximum Gasteiger partial charge on any atom is 0.337 e. The van der Waals surface area contributed by atoms with E-state index in [1.165, 1.54) is 7.11 Å². The van der Waals surface area contributed by atoms with Gasteiger partial charge in [-0.15, -0.1) is 0 Å². The Bertz CT molecular complexity index is 691. The number of carbonyl (C=O) groups is 2. The topological polar surface area (TPSA) is 43.4 Å². The zero-order valence-corrected chi connectivity index (χ0v) is 11.8. The lowest BCUT2D eigenvalue weighted by Gasteiger charge is -2.24. The van der Waals surface area contributed by atoms with E-state index in [9.17, 15) is 9.59 Å². The summed E-state index contributed by atoms with van der Waals surface area (Å²) in [6.07, 6.45) is 2.58. The van der Waals surface area contributed by atoms with Crippen LogP contribution in [0.5, 0.6) is 0 Å². The van der Waals surface area contributed by atoms with Crippen molar-refractivity contribution < 1.29 is 14.3 Å². The molecule has 0 saturated heterocycles. The van der Waals surface area contributed by atoms with Crippen LogP contribution < -0.4 is 0 Å². The van der Waals surface area contributed by atoms with E-state index in [2.05, 4.69) is 0 Å². The maximum absolute atomic E-state index is 11.9. The predicted molar refractivity (Wildman–Crippen MR) is 79.4 cm³/mol. The molecule has 0 heterocycles. The maximum atomic E-state index is 11.9. The van der Waals surface area contributed by atoms with Gasteiger partial charge in [-0.05, 0) is 41.7 Å². The Kier molecular flexibility index (Phi) is 3.34. The minimum Gasteiger partial charge on any atom is -0.465 e. The van der Waals surface area contributed by atoms with Crippen LogP contribution >= 0.6 is 0 Å². The summed E-state index contributed by atoms with van der Waals surface area (Å²) in [7, 11) is 1.36. The van der Waals surface area contributed by atoms with Gasteiger partial charge in [-0.2, -0.15) is 0 Å². The summed E-state index contributed by atoms with van der Waals surface area (Å²) in [6.45, 7) is 0. The van der Waals surface area contributed by atoms with E-state index in [1.807, 2.05) is 36.4 Å². The average molecular weight is 280 g/mol. The Labute approximate surface area is 123 Å². The third-order valence-electron chi connectivity index (χ3n) is 4.29. The fraction of sp³-hybridized carbons (Fsp3) is 0.222. The molecular formula is C18H16O3. The number of rotatable bonds is 3. The highest BCUT2D eigenvalue weighted by Crippen LogP contribution is 2.43. The van der Waals surface area contributed by atoms with Gasteiger partial charge in [0.1, 0.15) is 6.29 Å². The molecule has 0 saturated carbocycles. The average Bonchev–Trinajstić information content (AvgIpc) is 2.94. The summed E-state index contributed by atoms with van der Waals surface area (Å²) in [4.78, 5) is 23.7. The zero-order valence-electron chi connectivity index (χ0n) is 11.8. The minimum absolute atomic E-state index is 0.377. The summed E-state index contributed by atoms with van der Waals surface area (Å²) in [5.74, 6) is -0.377. The molecule has 0 aliphatic heterocycles. The van der Waals surface area contributed by atoms with Gasteiger partial charge in [0.25, 0.3) is 0 Å². The molecule has 0 spiro atoms. The molecule has 0 radical (unpaired) electrons. The van der Waals surface area contributed by atoms with E-state index >= 15 is 0 Å². The molecule has 3 nitrogen and oxygen atoms in total. The van der Waals surface area contributed by atoms with Crippen LogP contribution in [0.2, 0.25) is 0 Å². The first kappa shape index (κ1) is 13.6. The lowest BCUT2D eigenvalue weighted by atomic mass is 9.76. The summed E-state index contributed by atoms with van der Waals surface area (Å²) >= 11 is 0. The Morgan fingerprint density at radius 3 is 2.62 bits per heavy atom. The Morgan fingerprint density at radius 2 is 1.95 bits per heavy atom. The molecule has 21 heavy (non-hydrogen) atoms. The van der Waals surface area contributed by atoms with Crippen LogP contribution in [0, 0.1) is 0 Å². The van der Waals surface area contributed by atoms with Gasteiger partial charge in [0.2, 0.25) is 0 Å². The quantitative estimate of drug-likeness (QED) is 0.641. The van der Waals surface area contributed by atoms with E-state index in [1.54, 1.807) is 12.1 Å². The Morgan fingerprint density at radius 1 is 1.19 bits per heavy atom. The summed E-state index contributed by atoms with van der Waals surface area (Å²) in [5, 5.41) is 0. The van der Waals surface area contributed by atoms with Gasteiger partial charge in [0.15, 0.2) is 0 Å². The van der Waals surface area contributed by atoms with Gasteiger partial charge in [0, 0.05) is 0 Å². The number of hydrogen-bond donors (Lipinski definition) is 0. The molecule has 1 aliphatic carbocycles. The summed E-state index contributed by atoms with van der Waals surface area (Å²) in [5.41, 5.74) is 2.85. The van der Waals surface area contributed by atoms with Crippen molar-refractivity contribution in [2.75, 3.05) is 7.11 Å². The molecule has 0 unspecified atom stereocenters. The van der Waals surface area contributed by atoms with Crippen LogP contribution in [0.3, 0.4) is 0 Å². The van der Waals surface area contributed by atoms with Crippen molar-refractivity contribution in [3.05, 3.63) is 70.8 Å². The SMILES string of the molecule is COC(=O)c1ccc2c(c1)[C@](C=O)(c1ccccc1)CC2. The molecule has 106 valence electrons. The second-order valence-corrected chi connectivity index (χ2v) is 5.32. The van der Waals surface area contributed by atoms with E-state index in [0.717, 1.165) is 35.8 Å². The molecular weight excluding hydrogens is 264 g/mol. The highest BCUT2D eigenvalue weighted by molar-refractivity contribution is 5.90. The number of methoxy groups -OCH3 is 1. The first-order valence-electron chi connectivity index (χ1n) is 6.95. The molecule has 0 N–H and O–H groups in total. The van der Waals surface area contributed by atoms with Crippen LogP contribution in [0.25, 0.3) is 0 Å². The number of aryl methyl sites for hydroxylation is 1. The van der Waals surface area contributed by atoms with Crippen molar-refractivity contribution in [3.63, 3.8) is 0 Å². The normalized spacial score (nSPS) is 19.9. The number of aldehydes is 1. The minimum atomic E-state index is -0.652. The van der Waals surface area contributed by atoms with E-state index in [0.29, 0.717) is 5.56 Å². The molecule has 0 fully saturated rings. The van der Waals surface area contributed by atoms with Gasteiger partial charge in [-0.1, -0.05) is 36.4 Å². The van der Waals surface area contributed by atoms with Crippen LogP contribution in [-0.2, 0) is 21.4 Å². The standard InChI is InChI=1S/C18H16O3/c1-21-17(20)14-8-7-13-9-10-18(12-19,16(13)11-14)15-5-3-2-4-6-15/h2-8,11-12H,9-10H2,1H3/t18-/m1/s1.